The van der Waals surface area contributed by atoms with Gasteiger partial charge in [0.2, 0.25) is 0 Å². The fraction of sp³-hybridized carbons (Fsp3) is 0.250. The fourth-order valence-electron chi connectivity index (χ4n) is 1.96. The molecule has 0 amide bonds. The van der Waals surface area contributed by atoms with Gasteiger partial charge in [0.15, 0.2) is 0 Å². The van der Waals surface area contributed by atoms with Crippen molar-refractivity contribution in [3.63, 3.8) is 0 Å². The Balaban J connectivity index is 2.19. The molecule has 2 nitrogen and oxygen atoms in total. The number of hydrogen-bond donors (Lipinski definition) is 1. The van der Waals surface area contributed by atoms with E-state index in [2.05, 4.69) is 0 Å². The highest BCUT2D eigenvalue weighted by atomic mass is 35.5. The maximum atomic E-state index is 13.7. The summed E-state index contributed by atoms with van der Waals surface area (Å²) in [7, 11) is 0. The summed E-state index contributed by atoms with van der Waals surface area (Å²) in [5.74, 6) is 0.302. The van der Waals surface area contributed by atoms with E-state index in [4.69, 9.17) is 22.1 Å². The number of hydrogen-bond acceptors (Lipinski definition) is 2. The molecule has 0 unspecified atom stereocenters. The smallest absolute Gasteiger partial charge is 0.131 e. The highest BCUT2D eigenvalue weighted by Gasteiger charge is 2.12. The van der Waals surface area contributed by atoms with Crippen molar-refractivity contribution in [2.24, 2.45) is 5.73 Å². The van der Waals surface area contributed by atoms with Crippen LogP contribution in [-0.2, 0) is 6.61 Å². The van der Waals surface area contributed by atoms with Crippen molar-refractivity contribution in [2.45, 2.75) is 26.0 Å². The summed E-state index contributed by atoms with van der Waals surface area (Å²) in [6.45, 7) is 2.09. The van der Waals surface area contributed by atoms with Gasteiger partial charge in [-0.3, -0.25) is 0 Å². The quantitative estimate of drug-likeness (QED) is 0.883. The van der Waals surface area contributed by atoms with Crippen LogP contribution in [0.4, 0.5) is 4.39 Å². The molecule has 0 bridgehead atoms. The molecule has 2 aromatic rings. The van der Waals surface area contributed by atoms with Crippen LogP contribution in [-0.4, -0.2) is 0 Å². The topological polar surface area (TPSA) is 35.2 Å². The number of ether oxygens (including phenoxy) is 1. The van der Waals surface area contributed by atoms with Crippen LogP contribution in [0, 0.1) is 5.82 Å². The molecule has 1 atom stereocenters. The molecule has 0 aliphatic rings. The molecule has 0 aliphatic heterocycles. The Morgan fingerprint density at radius 3 is 2.65 bits per heavy atom. The van der Waals surface area contributed by atoms with Gasteiger partial charge in [0.1, 0.15) is 18.2 Å². The Morgan fingerprint density at radius 1 is 1.20 bits per heavy atom. The molecule has 20 heavy (non-hydrogen) atoms. The van der Waals surface area contributed by atoms with E-state index in [0.717, 1.165) is 12.0 Å². The van der Waals surface area contributed by atoms with E-state index in [1.165, 1.54) is 6.07 Å². The lowest BCUT2D eigenvalue weighted by Crippen LogP contribution is -2.11. The number of para-hydroxylation sites is 1. The number of benzene rings is 2. The molecule has 2 rings (SSSR count). The second-order valence-corrected chi connectivity index (χ2v) is 4.95. The summed E-state index contributed by atoms with van der Waals surface area (Å²) in [6, 6.07) is 12.0. The monoisotopic (exact) mass is 293 g/mol. The van der Waals surface area contributed by atoms with Crippen molar-refractivity contribution >= 4 is 11.6 Å². The van der Waals surface area contributed by atoms with E-state index in [1.807, 2.05) is 31.2 Å². The maximum Gasteiger partial charge on any atom is 0.131 e. The summed E-state index contributed by atoms with van der Waals surface area (Å²) < 4.78 is 19.4. The predicted molar refractivity (Wildman–Crippen MR) is 79.4 cm³/mol. The molecule has 0 aromatic heterocycles. The number of halogens is 2. The SMILES string of the molecule is CC[C@@H](N)c1ccccc1OCc1c(F)cccc1Cl. The van der Waals surface area contributed by atoms with Gasteiger partial charge in [-0.05, 0) is 24.6 Å². The highest BCUT2D eigenvalue weighted by Crippen LogP contribution is 2.27. The molecule has 4 heteroatoms. The standard InChI is InChI=1S/C16H17ClFNO/c1-2-15(19)11-6-3-4-9-16(11)20-10-12-13(17)7-5-8-14(12)18/h3-9,15H,2,10,19H2,1H3/t15-/m1/s1. The molecule has 0 heterocycles. The van der Waals surface area contributed by atoms with Gasteiger partial charge in [0.25, 0.3) is 0 Å². The van der Waals surface area contributed by atoms with Crippen LogP contribution < -0.4 is 10.5 Å². The van der Waals surface area contributed by atoms with Crippen LogP contribution in [0.1, 0.15) is 30.5 Å². The van der Waals surface area contributed by atoms with Crippen LogP contribution in [0.15, 0.2) is 42.5 Å². The van der Waals surface area contributed by atoms with Crippen LogP contribution in [0.3, 0.4) is 0 Å². The van der Waals surface area contributed by atoms with E-state index in [-0.39, 0.29) is 18.5 Å². The molecule has 2 N–H and O–H groups in total. The fourth-order valence-corrected chi connectivity index (χ4v) is 2.18. The van der Waals surface area contributed by atoms with E-state index < -0.39 is 0 Å². The summed E-state index contributed by atoms with van der Waals surface area (Å²) in [6.07, 6.45) is 0.806. The van der Waals surface area contributed by atoms with Crippen LogP contribution in [0.5, 0.6) is 5.75 Å². The van der Waals surface area contributed by atoms with Crippen LogP contribution >= 0.6 is 11.6 Å². The van der Waals surface area contributed by atoms with Gasteiger partial charge in [0, 0.05) is 17.2 Å². The van der Waals surface area contributed by atoms with Gasteiger partial charge >= 0.3 is 0 Å². The van der Waals surface area contributed by atoms with Crippen LogP contribution in [0.25, 0.3) is 0 Å². The molecule has 0 radical (unpaired) electrons. The van der Waals surface area contributed by atoms with Crippen molar-refractivity contribution in [3.8, 4) is 5.75 Å². The van der Waals surface area contributed by atoms with Crippen molar-refractivity contribution in [3.05, 3.63) is 64.4 Å². The predicted octanol–water partition coefficient (Wildman–Crippen LogP) is 4.47. The molecule has 0 spiro atoms. The second-order valence-electron chi connectivity index (χ2n) is 4.54. The van der Waals surface area contributed by atoms with Crippen LogP contribution in [0.2, 0.25) is 5.02 Å². The molecule has 0 saturated carbocycles. The summed E-state index contributed by atoms with van der Waals surface area (Å²) >= 11 is 5.98. The van der Waals surface area contributed by atoms with E-state index in [1.54, 1.807) is 12.1 Å². The lowest BCUT2D eigenvalue weighted by molar-refractivity contribution is 0.295. The molecule has 0 saturated heterocycles. The Bertz CT molecular complexity index is 568. The lowest BCUT2D eigenvalue weighted by Gasteiger charge is -2.16. The number of nitrogens with two attached hydrogens (primary N) is 1. The molecular weight excluding hydrogens is 277 g/mol. The van der Waals surface area contributed by atoms with Gasteiger partial charge in [-0.2, -0.15) is 0 Å². The second kappa shape index (κ2) is 6.73. The zero-order chi connectivity index (χ0) is 14.5. The minimum absolute atomic E-state index is 0.0823. The van der Waals surface area contributed by atoms with Crippen molar-refractivity contribution < 1.29 is 9.13 Å². The molecule has 0 aliphatic carbocycles. The third-order valence-corrected chi connectivity index (χ3v) is 3.55. The zero-order valence-electron chi connectivity index (χ0n) is 11.3. The minimum Gasteiger partial charge on any atom is -0.488 e. The third-order valence-electron chi connectivity index (χ3n) is 3.19. The lowest BCUT2D eigenvalue weighted by atomic mass is 10.0. The van der Waals surface area contributed by atoms with Gasteiger partial charge < -0.3 is 10.5 Å². The van der Waals surface area contributed by atoms with Gasteiger partial charge in [-0.25, -0.2) is 4.39 Å². The first-order valence-electron chi connectivity index (χ1n) is 6.53. The normalized spacial score (nSPS) is 12.2. The molecular formula is C16H17ClFNO. The Kier molecular flexibility index (Phi) is 4.99. The summed E-state index contributed by atoms with van der Waals surface area (Å²) in [5.41, 5.74) is 7.32. The number of rotatable bonds is 5. The zero-order valence-corrected chi connectivity index (χ0v) is 12.0. The third kappa shape index (κ3) is 3.30. The first kappa shape index (κ1) is 14.8. The first-order valence-corrected chi connectivity index (χ1v) is 6.91. The molecule has 106 valence electrons. The molecule has 2 aromatic carbocycles. The first-order chi connectivity index (χ1) is 9.63. The largest absolute Gasteiger partial charge is 0.488 e. The van der Waals surface area contributed by atoms with E-state index in [9.17, 15) is 4.39 Å². The Labute approximate surface area is 123 Å². The van der Waals surface area contributed by atoms with Crippen molar-refractivity contribution in [1.82, 2.24) is 0 Å². The van der Waals surface area contributed by atoms with E-state index in [0.29, 0.717) is 16.3 Å². The van der Waals surface area contributed by atoms with E-state index >= 15 is 0 Å². The van der Waals surface area contributed by atoms with Crippen molar-refractivity contribution in [2.75, 3.05) is 0 Å². The van der Waals surface area contributed by atoms with Gasteiger partial charge in [-0.1, -0.05) is 42.8 Å². The average molecular weight is 294 g/mol. The maximum absolute atomic E-state index is 13.7. The van der Waals surface area contributed by atoms with Gasteiger partial charge in [0.05, 0.1) is 5.02 Å². The van der Waals surface area contributed by atoms with Crippen molar-refractivity contribution in [1.29, 1.82) is 0 Å². The highest BCUT2D eigenvalue weighted by molar-refractivity contribution is 6.31. The Hall–Kier alpha value is -1.58. The summed E-state index contributed by atoms with van der Waals surface area (Å²) in [4.78, 5) is 0. The average Bonchev–Trinajstić information content (AvgIpc) is 2.46. The summed E-state index contributed by atoms with van der Waals surface area (Å²) in [5, 5.41) is 0.363. The molecule has 0 fully saturated rings. The Morgan fingerprint density at radius 2 is 1.95 bits per heavy atom. The minimum atomic E-state index is -0.366. The van der Waals surface area contributed by atoms with Gasteiger partial charge in [-0.15, -0.1) is 0 Å².